The van der Waals surface area contributed by atoms with Gasteiger partial charge in [-0.1, -0.05) is 0 Å². The Morgan fingerprint density at radius 3 is 2.72 bits per heavy atom. The second kappa shape index (κ2) is 7.33. The molecule has 0 aliphatic carbocycles. The monoisotopic (exact) mass is 257 g/mol. The Labute approximate surface area is 108 Å². The van der Waals surface area contributed by atoms with E-state index in [4.69, 9.17) is 4.74 Å². The van der Waals surface area contributed by atoms with Crippen LogP contribution < -0.4 is 16.0 Å². The van der Waals surface area contributed by atoms with Crippen LogP contribution in [-0.2, 0) is 14.3 Å². The molecule has 2 amide bonds. The van der Waals surface area contributed by atoms with Crippen molar-refractivity contribution in [1.82, 2.24) is 16.0 Å². The molecule has 0 bridgehead atoms. The zero-order chi connectivity index (χ0) is 13.5. The third kappa shape index (κ3) is 5.01. The van der Waals surface area contributed by atoms with Gasteiger partial charge in [0.2, 0.25) is 11.8 Å². The molecule has 1 aliphatic heterocycles. The van der Waals surface area contributed by atoms with Gasteiger partial charge in [0.25, 0.3) is 0 Å². The normalized spacial score (nSPS) is 23.1. The van der Waals surface area contributed by atoms with E-state index >= 15 is 0 Å². The van der Waals surface area contributed by atoms with E-state index < -0.39 is 0 Å². The van der Waals surface area contributed by atoms with Crippen LogP contribution in [-0.4, -0.2) is 50.2 Å². The predicted molar refractivity (Wildman–Crippen MR) is 68.1 cm³/mol. The zero-order valence-corrected chi connectivity index (χ0v) is 11.3. The van der Waals surface area contributed by atoms with Crippen molar-refractivity contribution in [3.8, 4) is 0 Å². The fourth-order valence-corrected chi connectivity index (χ4v) is 1.90. The van der Waals surface area contributed by atoms with Crippen molar-refractivity contribution in [1.29, 1.82) is 0 Å². The molecule has 0 saturated carbocycles. The van der Waals surface area contributed by atoms with Gasteiger partial charge in [0.15, 0.2) is 0 Å². The van der Waals surface area contributed by atoms with E-state index in [9.17, 15) is 9.59 Å². The predicted octanol–water partition coefficient (Wildman–Crippen LogP) is -0.606. The van der Waals surface area contributed by atoms with Gasteiger partial charge in [-0.2, -0.15) is 0 Å². The maximum atomic E-state index is 11.7. The third-order valence-electron chi connectivity index (χ3n) is 2.84. The summed E-state index contributed by atoms with van der Waals surface area (Å²) in [4.78, 5) is 23.1. The van der Waals surface area contributed by atoms with E-state index in [1.807, 2.05) is 13.8 Å². The van der Waals surface area contributed by atoms with Gasteiger partial charge < -0.3 is 20.7 Å². The molecule has 1 heterocycles. The van der Waals surface area contributed by atoms with Gasteiger partial charge in [0, 0.05) is 32.7 Å². The maximum Gasteiger partial charge on any atom is 0.237 e. The Kier molecular flexibility index (Phi) is 6.07. The zero-order valence-electron chi connectivity index (χ0n) is 11.3. The number of rotatable bonds is 6. The van der Waals surface area contributed by atoms with Gasteiger partial charge >= 0.3 is 0 Å². The Hall–Kier alpha value is -1.14. The number of carbonyl (C=O) groups excluding carboxylic acids is 2. The van der Waals surface area contributed by atoms with Crippen molar-refractivity contribution in [2.45, 2.75) is 44.9 Å². The van der Waals surface area contributed by atoms with Crippen LogP contribution in [0.2, 0.25) is 0 Å². The highest BCUT2D eigenvalue weighted by Gasteiger charge is 2.28. The molecule has 1 aliphatic rings. The SMILES string of the molecule is COC1CNC(C(=O)NCCC(=O)NC(C)C)C1. The van der Waals surface area contributed by atoms with E-state index in [2.05, 4.69) is 16.0 Å². The van der Waals surface area contributed by atoms with Crippen molar-refractivity contribution in [2.24, 2.45) is 0 Å². The molecule has 0 radical (unpaired) electrons. The molecule has 0 aromatic carbocycles. The fraction of sp³-hybridized carbons (Fsp3) is 0.833. The highest BCUT2D eigenvalue weighted by atomic mass is 16.5. The lowest BCUT2D eigenvalue weighted by molar-refractivity contribution is -0.123. The van der Waals surface area contributed by atoms with Gasteiger partial charge in [-0.05, 0) is 20.3 Å². The summed E-state index contributed by atoms with van der Waals surface area (Å²) in [5.74, 6) is -0.105. The molecule has 0 spiro atoms. The summed E-state index contributed by atoms with van der Waals surface area (Å²) in [6.07, 6.45) is 1.09. The molecular formula is C12H23N3O3. The first-order valence-electron chi connectivity index (χ1n) is 6.36. The minimum absolute atomic E-state index is 0.0422. The molecule has 2 atom stereocenters. The summed E-state index contributed by atoms with van der Waals surface area (Å²) < 4.78 is 5.17. The topological polar surface area (TPSA) is 79.5 Å². The number of hydrogen-bond acceptors (Lipinski definition) is 4. The highest BCUT2D eigenvalue weighted by Crippen LogP contribution is 2.09. The molecule has 3 N–H and O–H groups in total. The quantitative estimate of drug-likeness (QED) is 0.593. The average molecular weight is 257 g/mol. The van der Waals surface area contributed by atoms with Crippen LogP contribution >= 0.6 is 0 Å². The second-order valence-corrected chi connectivity index (χ2v) is 4.82. The van der Waals surface area contributed by atoms with Crippen LogP contribution in [0.15, 0.2) is 0 Å². The van der Waals surface area contributed by atoms with Crippen LogP contribution in [0.3, 0.4) is 0 Å². The standard InChI is InChI=1S/C12H23N3O3/c1-8(2)15-11(16)4-5-13-12(17)10-6-9(18-3)7-14-10/h8-10,14H,4-7H2,1-3H3,(H,13,17)(H,15,16). The van der Waals surface area contributed by atoms with Crippen molar-refractivity contribution < 1.29 is 14.3 Å². The largest absolute Gasteiger partial charge is 0.380 e. The second-order valence-electron chi connectivity index (χ2n) is 4.82. The summed E-state index contributed by atoms with van der Waals surface area (Å²) in [6.45, 7) is 4.88. The van der Waals surface area contributed by atoms with E-state index in [0.29, 0.717) is 25.9 Å². The smallest absolute Gasteiger partial charge is 0.237 e. The number of nitrogens with one attached hydrogen (secondary N) is 3. The highest BCUT2D eigenvalue weighted by molar-refractivity contribution is 5.83. The number of amides is 2. The molecule has 6 heteroatoms. The Morgan fingerprint density at radius 1 is 1.44 bits per heavy atom. The van der Waals surface area contributed by atoms with Crippen LogP contribution in [0.1, 0.15) is 26.7 Å². The van der Waals surface area contributed by atoms with Gasteiger partial charge in [0.05, 0.1) is 12.1 Å². The van der Waals surface area contributed by atoms with E-state index in [1.54, 1.807) is 7.11 Å². The van der Waals surface area contributed by atoms with Crippen molar-refractivity contribution in [2.75, 3.05) is 20.2 Å². The molecule has 104 valence electrons. The summed E-state index contributed by atoms with van der Waals surface area (Å²) in [6, 6.07) is -0.0738. The Balaban J connectivity index is 2.16. The van der Waals surface area contributed by atoms with Crippen LogP contribution in [0.25, 0.3) is 0 Å². The minimum Gasteiger partial charge on any atom is -0.380 e. The van der Waals surface area contributed by atoms with Crippen molar-refractivity contribution >= 4 is 11.8 Å². The van der Waals surface area contributed by atoms with Gasteiger partial charge in [-0.3, -0.25) is 9.59 Å². The summed E-state index contributed by atoms with van der Waals surface area (Å²) in [5, 5.41) is 8.62. The van der Waals surface area contributed by atoms with Gasteiger partial charge in [-0.25, -0.2) is 0 Å². The first kappa shape index (κ1) is 14.9. The van der Waals surface area contributed by atoms with E-state index in [-0.39, 0.29) is 30.0 Å². The molecule has 18 heavy (non-hydrogen) atoms. The minimum atomic E-state index is -0.205. The molecule has 2 unspecified atom stereocenters. The lowest BCUT2D eigenvalue weighted by Gasteiger charge is -2.12. The lowest BCUT2D eigenvalue weighted by atomic mass is 10.2. The molecule has 0 aromatic rings. The average Bonchev–Trinajstić information content (AvgIpc) is 2.76. The number of ether oxygens (including phenoxy) is 1. The van der Waals surface area contributed by atoms with Crippen LogP contribution in [0.5, 0.6) is 0 Å². The van der Waals surface area contributed by atoms with E-state index in [1.165, 1.54) is 0 Å². The molecule has 0 aromatic heterocycles. The third-order valence-corrected chi connectivity index (χ3v) is 2.84. The number of carbonyl (C=O) groups is 2. The summed E-state index contributed by atoms with van der Waals surface area (Å²) in [7, 11) is 1.64. The summed E-state index contributed by atoms with van der Waals surface area (Å²) in [5.41, 5.74) is 0. The summed E-state index contributed by atoms with van der Waals surface area (Å²) >= 11 is 0. The molecule has 6 nitrogen and oxygen atoms in total. The first-order valence-corrected chi connectivity index (χ1v) is 6.36. The van der Waals surface area contributed by atoms with Crippen molar-refractivity contribution in [3.63, 3.8) is 0 Å². The van der Waals surface area contributed by atoms with Crippen LogP contribution in [0.4, 0.5) is 0 Å². The molecular weight excluding hydrogens is 234 g/mol. The number of hydrogen-bond donors (Lipinski definition) is 3. The van der Waals surface area contributed by atoms with Crippen LogP contribution in [0, 0.1) is 0 Å². The molecule has 1 fully saturated rings. The Morgan fingerprint density at radius 2 is 2.17 bits per heavy atom. The van der Waals surface area contributed by atoms with Crippen molar-refractivity contribution in [3.05, 3.63) is 0 Å². The molecule has 1 rings (SSSR count). The number of methoxy groups -OCH3 is 1. The molecule has 1 saturated heterocycles. The first-order chi connectivity index (χ1) is 8.52. The van der Waals surface area contributed by atoms with Gasteiger partial charge in [0.1, 0.15) is 0 Å². The Bertz CT molecular complexity index is 294. The van der Waals surface area contributed by atoms with Gasteiger partial charge in [-0.15, -0.1) is 0 Å². The fourth-order valence-electron chi connectivity index (χ4n) is 1.90. The maximum absolute atomic E-state index is 11.7. The lowest BCUT2D eigenvalue weighted by Crippen LogP contribution is -2.42. The van der Waals surface area contributed by atoms with E-state index in [0.717, 1.165) is 0 Å².